The molecule has 1 aromatic heterocycles. The van der Waals surface area contributed by atoms with Gasteiger partial charge in [0.2, 0.25) is 5.95 Å². The van der Waals surface area contributed by atoms with Gasteiger partial charge in [-0.25, -0.2) is 9.97 Å². The van der Waals surface area contributed by atoms with Crippen molar-refractivity contribution in [3.05, 3.63) is 30.5 Å². The quantitative estimate of drug-likeness (QED) is 0.751. The van der Waals surface area contributed by atoms with Crippen molar-refractivity contribution >= 4 is 32.8 Å². The number of anilines is 1. The molecule has 0 N–H and O–H groups in total. The number of benzene rings is 1. The molecule has 4 heteroatoms. The van der Waals surface area contributed by atoms with Crippen LogP contribution in [-0.4, -0.2) is 27.9 Å². The molecule has 0 radical (unpaired) electrons. The second-order valence-electron chi connectivity index (χ2n) is 4.06. The molecule has 0 amide bonds. The number of aromatic nitrogens is 2. The van der Waals surface area contributed by atoms with E-state index in [-0.39, 0.29) is 0 Å². The van der Waals surface area contributed by atoms with Crippen LogP contribution in [0.2, 0.25) is 0 Å². The molecule has 0 spiro atoms. The van der Waals surface area contributed by atoms with E-state index in [1.807, 2.05) is 30.5 Å². The zero-order chi connectivity index (χ0) is 11.0. The van der Waals surface area contributed by atoms with Gasteiger partial charge in [0.15, 0.2) is 0 Å². The maximum Gasteiger partial charge on any atom is 0.225 e. The molecule has 82 valence electrons. The average molecular weight is 278 g/mol. The molecule has 2 aromatic rings. The van der Waals surface area contributed by atoms with E-state index < -0.39 is 0 Å². The van der Waals surface area contributed by atoms with E-state index in [9.17, 15) is 0 Å². The normalized spacial score (nSPS) is 20.6. The van der Waals surface area contributed by atoms with Crippen LogP contribution in [0.25, 0.3) is 10.9 Å². The summed E-state index contributed by atoms with van der Waals surface area (Å²) in [5, 5.41) is 1.10. The summed E-state index contributed by atoms with van der Waals surface area (Å²) in [6.07, 6.45) is 3.06. The molecule has 1 atom stereocenters. The highest BCUT2D eigenvalue weighted by molar-refractivity contribution is 9.09. The Labute approximate surface area is 103 Å². The molecule has 1 unspecified atom stereocenters. The summed E-state index contributed by atoms with van der Waals surface area (Å²) in [6.45, 7) is 2.03. The van der Waals surface area contributed by atoms with E-state index in [1.54, 1.807) is 0 Å². The molecule has 2 heterocycles. The fourth-order valence-corrected chi connectivity index (χ4v) is 2.57. The minimum Gasteiger partial charge on any atom is -0.340 e. The van der Waals surface area contributed by atoms with E-state index in [1.165, 1.54) is 0 Å². The van der Waals surface area contributed by atoms with E-state index in [2.05, 4.69) is 30.8 Å². The smallest absolute Gasteiger partial charge is 0.225 e. The van der Waals surface area contributed by atoms with Crippen LogP contribution in [0, 0.1) is 0 Å². The zero-order valence-corrected chi connectivity index (χ0v) is 10.4. The summed E-state index contributed by atoms with van der Waals surface area (Å²) < 4.78 is 0. The molecule has 0 bridgehead atoms. The molecule has 3 rings (SSSR count). The lowest BCUT2D eigenvalue weighted by atomic mass is 10.2. The van der Waals surface area contributed by atoms with Crippen molar-refractivity contribution in [2.45, 2.75) is 11.2 Å². The van der Waals surface area contributed by atoms with Gasteiger partial charge in [-0.1, -0.05) is 34.1 Å². The lowest BCUT2D eigenvalue weighted by Crippen LogP contribution is -2.21. The lowest BCUT2D eigenvalue weighted by Gasteiger charge is -2.15. The summed E-state index contributed by atoms with van der Waals surface area (Å²) in [5.41, 5.74) is 1.02. The Kier molecular flexibility index (Phi) is 2.52. The first kappa shape index (κ1) is 10.0. The number of hydrogen-bond acceptors (Lipinski definition) is 3. The molecular weight excluding hydrogens is 266 g/mol. The molecule has 0 saturated carbocycles. The number of alkyl halides is 1. The maximum absolute atomic E-state index is 4.59. The van der Waals surface area contributed by atoms with Gasteiger partial charge in [0.05, 0.1) is 5.52 Å². The molecule has 1 aliphatic heterocycles. The Balaban J connectivity index is 1.99. The van der Waals surface area contributed by atoms with Gasteiger partial charge in [-0.15, -0.1) is 0 Å². The molecule has 16 heavy (non-hydrogen) atoms. The maximum atomic E-state index is 4.59. The van der Waals surface area contributed by atoms with Crippen molar-refractivity contribution in [2.24, 2.45) is 0 Å². The van der Waals surface area contributed by atoms with Gasteiger partial charge in [-0.05, 0) is 12.5 Å². The zero-order valence-electron chi connectivity index (χ0n) is 8.81. The van der Waals surface area contributed by atoms with Crippen LogP contribution in [0.4, 0.5) is 5.95 Å². The van der Waals surface area contributed by atoms with Crippen molar-refractivity contribution < 1.29 is 0 Å². The largest absolute Gasteiger partial charge is 0.340 e. The second-order valence-corrected chi connectivity index (χ2v) is 5.36. The van der Waals surface area contributed by atoms with Gasteiger partial charge < -0.3 is 4.90 Å². The van der Waals surface area contributed by atoms with Crippen molar-refractivity contribution in [3.8, 4) is 0 Å². The molecule has 1 aromatic carbocycles. The molecule has 3 nitrogen and oxygen atoms in total. The SMILES string of the molecule is BrC1CCN(c2ncc3ccccc3n2)C1. The van der Waals surface area contributed by atoms with E-state index >= 15 is 0 Å². The third-order valence-corrected chi connectivity index (χ3v) is 3.64. The summed E-state index contributed by atoms with van der Waals surface area (Å²) in [7, 11) is 0. The first-order valence-electron chi connectivity index (χ1n) is 5.44. The average Bonchev–Trinajstić information content (AvgIpc) is 2.75. The number of rotatable bonds is 1. The van der Waals surface area contributed by atoms with Crippen LogP contribution in [0.15, 0.2) is 30.5 Å². The van der Waals surface area contributed by atoms with Crippen LogP contribution in [0.5, 0.6) is 0 Å². The van der Waals surface area contributed by atoms with Gasteiger partial charge in [-0.2, -0.15) is 0 Å². The first-order chi connectivity index (χ1) is 7.83. The number of fused-ring (bicyclic) bond motifs is 1. The fraction of sp³-hybridized carbons (Fsp3) is 0.333. The fourth-order valence-electron chi connectivity index (χ4n) is 2.01. The monoisotopic (exact) mass is 277 g/mol. The minimum atomic E-state index is 0.572. The van der Waals surface area contributed by atoms with Crippen LogP contribution in [0.3, 0.4) is 0 Å². The van der Waals surface area contributed by atoms with Crippen molar-refractivity contribution in [2.75, 3.05) is 18.0 Å². The lowest BCUT2D eigenvalue weighted by molar-refractivity contribution is 0.908. The molecule has 1 saturated heterocycles. The topological polar surface area (TPSA) is 29.0 Å². The van der Waals surface area contributed by atoms with Crippen molar-refractivity contribution in [3.63, 3.8) is 0 Å². The highest BCUT2D eigenvalue weighted by atomic mass is 79.9. The first-order valence-corrected chi connectivity index (χ1v) is 6.35. The van der Waals surface area contributed by atoms with Gasteiger partial charge in [0.1, 0.15) is 0 Å². The van der Waals surface area contributed by atoms with E-state index in [4.69, 9.17) is 0 Å². The molecule has 1 aliphatic rings. The third-order valence-electron chi connectivity index (χ3n) is 2.89. The highest BCUT2D eigenvalue weighted by Crippen LogP contribution is 2.22. The number of hydrogen-bond donors (Lipinski definition) is 0. The number of halogens is 1. The van der Waals surface area contributed by atoms with Crippen molar-refractivity contribution in [1.29, 1.82) is 0 Å². The number of para-hydroxylation sites is 1. The van der Waals surface area contributed by atoms with Gasteiger partial charge in [0, 0.05) is 29.5 Å². The van der Waals surface area contributed by atoms with Gasteiger partial charge in [-0.3, -0.25) is 0 Å². The Morgan fingerprint density at radius 1 is 1.31 bits per heavy atom. The molecular formula is C12H12BrN3. The highest BCUT2D eigenvalue weighted by Gasteiger charge is 2.21. The predicted molar refractivity (Wildman–Crippen MR) is 69.1 cm³/mol. The Morgan fingerprint density at radius 3 is 3.00 bits per heavy atom. The summed E-state index contributed by atoms with van der Waals surface area (Å²) in [4.78, 5) is 11.8. The second kappa shape index (κ2) is 4.01. The summed E-state index contributed by atoms with van der Waals surface area (Å²) in [5.74, 6) is 0.848. The Bertz CT molecular complexity index is 514. The van der Waals surface area contributed by atoms with Crippen LogP contribution in [-0.2, 0) is 0 Å². The summed E-state index contributed by atoms with van der Waals surface area (Å²) >= 11 is 3.63. The van der Waals surface area contributed by atoms with Crippen molar-refractivity contribution in [1.82, 2.24) is 9.97 Å². The van der Waals surface area contributed by atoms with Crippen LogP contribution in [0.1, 0.15) is 6.42 Å². The van der Waals surface area contributed by atoms with E-state index in [0.29, 0.717) is 4.83 Å². The van der Waals surface area contributed by atoms with Crippen LogP contribution < -0.4 is 4.90 Å². The number of nitrogens with zero attached hydrogens (tertiary/aromatic N) is 3. The predicted octanol–water partition coefficient (Wildman–Crippen LogP) is 2.60. The Hall–Kier alpha value is -1.16. The molecule has 1 fully saturated rings. The van der Waals surface area contributed by atoms with Gasteiger partial charge in [0.25, 0.3) is 0 Å². The third kappa shape index (κ3) is 1.78. The summed E-state index contributed by atoms with van der Waals surface area (Å²) in [6, 6.07) is 8.09. The van der Waals surface area contributed by atoms with E-state index in [0.717, 1.165) is 36.4 Å². The molecule has 0 aliphatic carbocycles. The van der Waals surface area contributed by atoms with Gasteiger partial charge >= 0.3 is 0 Å². The minimum absolute atomic E-state index is 0.572. The standard InChI is InChI=1S/C12H12BrN3/c13-10-5-6-16(8-10)12-14-7-9-3-1-2-4-11(9)15-12/h1-4,7,10H,5-6,8H2. The Morgan fingerprint density at radius 2 is 2.19 bits per heavy atom. The van der Waals surface area contributed by atoms with Crippen LogP contribution >= 0.6 is 15.9 Å².